The molecule has 3 aromatic rings. The third kappa shape index (κ3) is 5.69. The molecular weight excluding hydrogens is 436 g/mol. The van der Waals surface area contributed by atoms with Crippen LogP contribution in [0, 0.1) is 5.82 Å². The molecule has 0 spiro atoms. The highest BCUT2D eigenvalue weighted by atomic mass is 35.5. The van der Waals surface area contributed by atoms with E-state index in [0.717, 1.165) is 16.8 Å². The summed E-state index contributed by atoms with van der Waals surface area (Å²) in [4.78, 5) is 0. The summed E-state index contributed by atoms with van der Waals surface area (Å²) < 4.78 is 24.9. The highest BCUT2D eigenvalue weighted by Crippen LogP contribution is 2.32. The molecule has 7 heteroatoms. The van der Waals surface area contributed by atoms with Crippen molar-refractivity contribution in [2.75, 3.05) is 11.9 Å². The van der Waals surface area contributed by atoms with Crippen LogP contribution in [0.2, 0.25) is 15.1 Å². The van der Waals surface area contributed by atoms with Crippen molar-refractivity contribution >= 4 is 40.5 Å². The second kappa shape index (κ2) is 10.1. The molecule has 0 aliphatic heterocycles. The van der Waals surface area contributed by atoms with Gasteiger partial charge in [0.1, 0.15) is 12.4 Å². The van der Waals surface area contributed by atoms with Crippen molar-refractivity contribution in [3.63, 3.8) is 0 Å². The SMILES string of the molecule is CCOc1cc(CNc2ccc(F)c(Cl)c2)ccc1OCc1c(Cl)cccc1Cl. The minimum absolute atomic E-state index is 0.0759. The van der Waals surface area contributed by atoms with Crippen molar-refractivity contribution < 1.29 is 13.9 Å². The maximum Gasteiger partial charge on any atom is 0.161 e. The van der Waals surface area contributed by atoms with Gasteiger partial charge in [-0.05, 0) is 55.0 Å². The molecule has 3 nitrogen and oxygen atoms in total. The first-order valence-corrected chi connectivity index (χ1v) is 10.1. The Labute approximate surface area is 184 Å². The second-order valence-corrected chi connectivity index (χ2v) is 7.41. The van der Waals surface area contributed by atoms with E-state index >= 15 is 0 Å². The van der Waals surface area contributed by atoms with Gasteiger partial charge in [-0.1, -0.05) is 46.9 Å². The van der Waals surface area contributed by atoms with Crippen molar-refractivity contribution in [3.8, 4) is 11.5 Å². The van der Waals surface area contributed by atoms with Gasteiger partial charge in [-0.25, -0.2) is 4.39 Å². The molecule has 0 unspecified atom stereocenters. The molecule has 0 bridgehead atoms. The van der Waals surface area contributed by atoms with Gasteiger partial charge in [-0.3, -0.25) is 0 Å². The Hall–Kier alpha value is -2.14. The normalized spacial score (nSPS) is 10.7. The molecule has 0 atom stereocenters. The van der Waals surface area contributed by atoms with Crippen LogP contribution in [0.3, 0.4) is 0 Å². The Balaban J connectivity index is 1.71. The average molecular weight is 455 g/mol. The number of hydrogen-bond donors (Lipinski definition) is 1. The van der Waals surface area contributed by atoms with E-state index < -0.39 is 5.82 Å². The van der Waals surface area contributed by atoms with E-state index in [0.29, 0.717) is 34.7 Å². The van der Waals surface area contributed by atoms with Gasteiger partial charge in [0.25, 0.3) is 0 Å². The highest BCUT2D eigenvalue weighted by Gasteiger charge is 2.11. The van der Waals surface area contributed by atoms with E-state index in [1.165, 1.54) is 6.07 Å². The molecule has 0 aromatic heterocycles. The molecule has 152 valence electrons. The van der Waals surface area contributed by atoms with Crippen LogP contribution in [-0.2, 0) is 13.2 Å². The molecule has 0 aliphatic carbocycles. The minimum Gasteiger partial charge on any atom is -0.490 e. The van der Waals surface area contributed by atoms with Gasteiger partial charge in [-0.15, -0.1) is 0 Å². The van der Waals surface area contributed by atoms with Gasteiger partial charge in [0.05, 0.1) is 11.6 Å². The zero-order valence-electron chi connectivity index (χ0n) is 15.6. The third-order valence-electron chi connectivity index (χ3n) is 4.16. The maximum atomic E-state index is 13.3. The molecule has 0 amide bonds. The fourth-order valence-corrected chi connectivity index (χ4v) is 3.37. The lowest BCUT2D eigenvalue weighted by molar-refractivity contribution is 0.269. The summed E-state index contributed by atoms with van der Waals surface area (Å²) in [5, 5.41) is 4.38. The van der Waals surface area contributed by atoms with Crippen molar-refractivity contribution in [2.45, 2.75) is 20.1 Å². The maximum absolute atomic E-state index is 13.3. The lowest BCUT2D eigenvalue weighted by Crippen LogP contribution is -2.03. The van der Waals surface area contributed by atoms with Crippen molar-refractivity contribution in [1.82, 2.24) is 0 Å². The Bertz CT molecular complexity index is 978. The Morgan fingerprint density at radius 3 is 2.31 bits per heavy atom. The van der Waals surface area contributed by atoms with Crippen LogP contribution in [0.4, 0.5) is 10.1 Å². The molecule has 1 N–H and O–H groups in total. The molecule has 29 heavy (non-hydrogen) atoms. The lowest BCUT2D eigenvalue weighted by Gasteiger charge is -2.15. The highest BCUT2D eigenvalue weighted by molar-refractivity contribution is 6.36. The predicted molar refractivity (Wildman–Crippen MR) is 117 cm³/mol. The first kappa shape index (κ1) is 21.6. The fourth-order valence-electron chi connectivity index (χ4n) is 2.68. The summed E-state index contributed by atoms with van der Waals surface area (Å²) in [7, 11) is 0. The van der Waals surface area contributed by atoms with Crippen LogP contribution < -0.4 is 14.8 Å². The van der Waals surface area contributed by atoms with Crippen molar-refractivity contribution in [1.29, 1.82) is 0 Å². The standard InChI is InChI=1S/C22H19Cl3FNO2/c1-2-28-22-10-14(12-27-15-7-8-20(26)19(25)11-15)6-9-21(22)29-13-16-17(23)4-3-5-18(16)24/h3-11,27H,2,12-13H2,1H3. The number of nitrogens with one attached hydrogen (secondary N) is 1. The number of ether oxygens (including phenoxy) is 2. The van der Waals surface area contributed by atoms with E-state index in [4.69, 9.17) is 44.3 Å². The Morgan fingerprint density at radius 2 is 1.62 bits per heavy atom. The number of benzene rings is 3. The van der Waals surface area contributed by atoms with E-state index in [9.17, 15) is 4.39 Å². The van der Waals surface area contributed by atoms with Gasteiger partial charge in [0, 0.05) is 27.8 Å². The van der Waals surface area contributed by atoms with E-state index in [2.05, 4.69) is 5.32 Å². The fraction of sp³-hybridized carbons (Fsp3) is 0.182. The largest absolute Gasteiger partial charge is 0.490 e. The molecule has 0 radical (unpaired) electrons. The topological polar surface area (TPSA) is 30.5 Å². The molecule has 0 saturated heterocycles. The summed E-state index contributed by atoms with van der Waals surface area (Å²) in [5.74, 6) is 0.763. The predicted octanol–water partition coefficient (Wildman–Crippen LogP) is 7.38. The van der Waals surface area contributed by atoms with Crippen molar-refractivity contribution in [3.05, 3.63) is 86.6 Å². The van der Waals surface area contributed by atoms with E-state index in [1.807, 2.05) is 25.1 Å². The number of hydrogen-bond acceptors (Lipinski definition) is 3. The monoisotopic (exact) mass is 453 g/mol. The average Bonchev–Trinajstić information content (AvgIpc) is 2.70. The molecule has 3 aromatic carbocycles. The molecule has 0 fully saturated rings. The Morgan fingerprint density at radius 1 is 0.862 bits per heavy atom. The smallest absolute Gasteiger partial charge is 0.161 e. The first-order chi connectivity index (χ1) is 14.0. The summed E-state index contributed by atoms with van der Waals surface area (Å²) in [5.41, 5.74) is 2.41. The van der Waals surface area contributed by atoms with Crippen LogP contribution in [0.5, 0.6) is 11.5 Å². The quantitative estimate of drug-likeness (QED) is 0.385. The van der Waals surface area contributed by atoms with Crippen molar-refractivity contribution in [2.24, 2.45) is 0 Å². The number of rotatable bonds is 8. The molecular formula is C22H19Cl3FNO2. The van der Waals surface area contributed by atoms with Gasteiger partial charge in [-0.2, -0.15) is 0 Å². The second-order valence-electron chi connectivity index (χ2n) is 6.19. The number of halogens is 4. The zero-order valence-corrected chi connectivity index (χ0v) is 17.9. The van der Waals surface area contributed by atoms with Gasteiger partial charge in [0.15, 0.2) is 11.5 Å². The molecule has 0 aliphatic rings. The Kier molecular flexibility index (Phi) is 7.48. The van der Waals surface area contributed by atoms with Gasteiger partial charge >= 0.3 is 0 Å². The summed E-state index contributed by atoms with van der Waals surface area (Å²) >= 11 is 18.2. The zero-order chi connectivity index (χ0) is 20.8. The van der Waals surface area contributed by atoms with Crippen LogP contribution in [-0.4, -0.2) is 6.61 Å². The molecule has 0 saturated carbocycles. The minimum atomic E-state index is -0.448. The van der Waals surface area contributed by atoms with Gasteiger partial charge in [0.2, 0.25) is 0 Å². The van der Waals surface area contributed by atoms with E-state index in [-0.39, 0.29) is 11.6 Å². The molecule has 0 heterocycles. The van der Waals surface area contributed by atoms with Crippen LogP contribution in [0.1, 0.15) is 18.1 Å². The molecule has 3 rings (SSSR count). The first-order valence-electron chi connectivity index (χ1n) is 8.98. The van der Waals surface area contributed by atoms with E-state index in [1.54, 1.807) is 30.3 Å². The third-order valence-corrected chi connectivity index (χ3v) is 5.16. The summed E-state index contributed by atoms with van der Waals surface area (Å²) in [6.45, 7) is 3.14. The summed E-state index contributed by atoms with van der Waals surface area (Å²) in [6.07, 6.45) is 0. The van der Waals surface area contributed by atoms with Crippen LogP contribution in [0.25, 0.3) is 0 Å². The van der Waals surface area contributed by atoms with Crippen LogP contribution >= 0.6 is 34.8 Å². The van der Waals surface area contributed by atoms with Gasteiger partial charge < -0.3 is 14.8 Å². The number of anilines is 1. The summed E-state index contributed by atoms with van der Waals surface area (Å²) in [6, 6.07) is 15.5. The lowest BCUT2D eigenvalue weighted by atomic mass is 10.2. The van der Waals surface area contributed by atoms with Crippen LogP contribution in [0.15, 0.2) is 54.6 Å².